The average molecular weight is 475 g/mol. The van der Waals surface area contributed by atoms with Crippen LogP contribution in [-0.4, -0.2) is 64.0 Å². The Morgan fingerprint density at radius 3 is 2.82 bits per heavy atom. The molecule has 0 spiro atoms. The SMILES string of the molecule is CCOC(=O)[C@@H]1CCCN([C@@H](c2ccc(OCC)c(OC)c2)c2sc3nc(C)nn3c2O)C1. The zero-order valence-corrected chi connectivity index (χ0v) is 20.2. The number of esters is 1. The fourth-order valence-electron chi connectivity index (χ4n) is 4.38. The van der Waals surface area contributed by atoms with Gasteiger partial charge in [0.15, 0.2) is 11.5 Å². The third-order valence-corrected chi connectivity index (χ3v) is 6.87. The highest BCUT2D eigenvalue weighted by Gasteiger charge is 2.35. The Hall–Kier alpha value is -2.85. The normalized spacial score (nSPS) is 17.8. The second-order valence-corrected chi connectivity index (χ2v) is 8.98. The molecule has 3 aromatic rings. The lowest BCUT2D eigenvalue weighted by Crippen LogP contribution is -2.41. The van der Waals surface area contributed by atoms with E-state index in [9.17, 15) is 9.90 Å². The number of hydrogen-bond acceptors (Lipinski definition) is 9. The van der Waals surface area contributed by atoms with Gasteiger partial charge in [-0.25, -0.2) is 4.98 Å². The lowest BCUT2D eigenvalue weighted by molar-refractivity contribution is -0.150. The summed E-state index contributed by atoms with van der Waals surface area (Å²) >= 11 is 1.40. The minimum absolute atomic E-state index is 0.0618. The fourth-order valence-corrected chi connectivity index (χ4v) is 5.54. The molecule has 1 N–H and O–H groups in total. The molecule has 0 unspecified atom stereocenters. The molecule has 0 bridgehead atoms. The Morgan fingerprint density at radius 1 is 1.30 bits per heavy atom. The summed E-state index contributed by atoms with van der Waals surface area (Å²) in [5.41, 5.74) is 0.927. The minimum Gasteiger partial charge on any atom is -0.493 e. The van der Waals surface area contributed by atoms with Crippen molar-refractivity contribution in [2.75, 3.05) is 33.4 Å². The number of aryl methyl sites for hydroxylation is 1. The van der Waals surface area contributed by atoms with Crippen LogP contribution in [0.5, 0.6) is 17.4 Å². The van der Waals surface area contributed by atoms with Gasteiger partial charge in [0, 0.05) is 6.54 Å². The second-order valence-electron chi connectivity index (χ2n) is 7.98. The van der Waals surface area contributed by atoms with Crippen LogP contribution in [0.25, 0.3) is 4.96 Å². The van der Waals surface area contributed by atoms with Crippen molar-refractivity contribution in [3.63, 3.8) is 0 Å². The predicted octanol–water partition coefficient (Wildman–Crippen LogP) is 3.58. The maximum absolute atomic E-state index is 12.5. The lowest BCUT2D eigenvalue weighted by atomic mass is 9.94. The van der Waals surface area contributed by atoms with Crippen molar-refractivity contribution in [1.82, 2.24) is 19.5 Å². The van der Waals surface area contributed by atoms with E-state index >= 15 is 0 Å². The number of hydrogen-bond donors (Lipinski definition) is 1. The molecule has 33 heavy (non-hydrogen) atoms. The number of likely N-dealkylation sites (tertiary alicyclic amines) is 1. The van der Waals surface area contributed by atoms with Gasteiger partial charge in [0.05, 0.1) is 37.2 Å². The molecular formula is C23H30N4O5S. The van der Waals surface area contributed by atoms with Crippen molar-refractivity contribution < 1.29 is 24.1 Å². The minimum atomic E-state index is -0.305. The number of ether oxygens (including phenoxy) is 3. The average Bonchev–Trinajstić information content (AvgIpc) is 3.32. The molecule has 1 aromatic carbocycles. The highest BCUT2D eigenvalue weighted by molar-refractivity contribution is 7.17. The standard InChI is InChI=1S/C23H30N4O5S/c1-5-31-17-10-9-15(12-18(17)30-4)19(20-21(28)27-23(33-20)24-14(3)25-27)26-11-7-8-16(13-26)22(29)32-6-2/h9-10,12,16,19,28H,5-8,11,13H2,1-4H3/t16-,19+/m1/s1. The summed E-state index contributed by atoms with van der Waals surface area (Å²) in [5.74, 6) is 1.56. The number of carbonyl (C=O) groups excluding carboxylic acids is 1. The van der Waals surface area contributed by atoms with Crippen LogP contribution in [-0.2, 0) is 9.53 Å². The zero-order chi connectivity index (χ0) is 23.5. The molecule has 1 aliphatic rings. The Balaban J connectivity index is 1.78. The van der Waals surface area contributed by atoms with Crippen molar-refractivity contribution >= 4 is 22.3 Å². The van der Waals surface area contributed by atoms with E-state index in [1.807, 2.05) is 32.0 Å². The van der Waals surface area contributed by atoms with Gasteiger partial charge in [-0.2, -0.15) is 4.52 Å². The first-order valence-corrected chi connectivity index (χ1v) is 12.0. The van der Waals surface area contributed by atoms with Gasteiger partial charge < -0.3 is 19.3 Å². The van der Waals surface area contributed by atoms with Crippen LogP contribution in [0.4, 0.5) is 0 Å². The third-order valence-electron chi connectivity index (χ3n) is 5.80. The molecule has 3 heterocycles. The number of aromatic hydroxyl groups is 1. The maximum atomic E-state index is 12.5. The van der Waals surface area contributed by atoms with Crippen molar-refractivity contribution in [2.24, 2.45) is 5.92 Å². The summed E-state index contributed by atoms with van der Waals surface area (Å²) in [6, 6.07) is 5.49. The van der Waals surface area contributed by atoms with E-state index in [1.54, 1.807) is 14.0 Å². The van der Waals surface area contributed by atoms with Gasteiger partial charge >= 0.3 is 5.97 Å². The topological polar surface area (TPSA) is 98.4 Å². The Kier molecular flexibility index (Phi) is 7.04. The van der Waals surface area contributed by atoms with Gasteiger partial charge in [-0.1, -0.05) is 17.4 Å². The highest BCUT2D eigenvalue weighted by atomic mass is 32.1. The van der Waals surface area contributed by atoms with Gasteiger partial charge in [-0.15, -0.1) is 5.10 Å². The van der Waals surface area contributed by atoms with E-state index in [-0.39, 0.29) is 23.8 Å². The monoisotopic (exact) mass is 474 g/mol. The summed E-state index contributed by atoms with van der Waals surface area (Å²) in [4.78, 5) is 20.5. The molecule has 1 saturated heterocycles. The largest absolute Gasteiger partial charge is 0.493 e. The van der Waals surface area contributed by atoms with Gasteiger partial charge in [-0.05, 0) is 57.9 Å². The molecule has 0 amide bonds. The molecule has 2 atom stereocenters. The Labute approximate surface area is 196 Å². The summed E-state index contributed by atoms with van der Waals surface area (Å²) in [5, 5.41) is 15.4. The number of rotatable bonds is 8. The number of piperidine rings is 1. The first kappa shape index (κ1) is 23.3. The van der Waals surface area contributed by atoms with Crippen LogP contribution < -0.4 is 9.47 Å². The quantitative estimate of drug-likeness (QED) is 0.495. The molecule has 0 radical (unpaired) electrons. The number of methoxy groups -OCH3 is 1. The highest BCUT2D eigenvalue weighted by Crippen LogP contribution is 2.43. The summed E-state index contributed by atoms with van der Waals surface area (Å²) in [7, 11) is 1.61. The van der Waals surface area contributed by atoms with Gasteiger partial charge in [0.25, 0.3) is 0 Å². The van der Waals surface area contributed by atoms with Gasteiger partial charge in [0.1, 0.15) is 5.82 Å². The van der Waals surface area contributed by atoms with Crippen LogP contribution in [0.1, 0.15) is 49.0 Å². The van der Waals surface area contributed by atoms with Crippen molar-refractivity contribution in [3.05, 3.63) is 34.5 Å². The summed E-state index contributed by atoms with van der Waals surface area (Å²) < 4.78 is 18.1. The van der Waals surface area contributed by atoms with Crippen LogP contribution in [0, 0.1) is 12.8 Å². The predicted molar refractivity (Wildman–Crippen MR) is 124 cm³/mol. The summed E-state index contributed by atoms with van der Waals surface area (Å²) in [6.45, 7) is 7.74. The molecule has 0 aliphatic carbocycles. The fraction of sp³-hybridized carbons (Fsp3) is 0.522. The Morgan fingerprint density at radius 2 is 2.12 bits per heavy atom. The molecule has 0 saturated carbocycles. The smallest absolute Gasteiger partial charge is 0.310 e. The molecule has 4 rings (SSSR count). The number of nitrogens with zero attached hydrogens (tertiary/aromatic N) is 4. The number of aromatic nitrogens is 3. The van der Waals surface area contributed by atoms with Crippen LogP contribution in [0.3, 0.4) is 0 Å². The van der Waals surface area contributed by atoms with Crippen LogP contribution >= 0.6 is 11.3 Å². The molecule has 9 nitrogen and oxygen atoms in total. The Bertz CT molecular complexity index is 1130. The maximum Gasteiger partial charge on any atom is 0.310 e. The molecule has 10 heteroatoms. The van der Waals surface area contributed by atoms with Gasteiger partial charge in [0.2, 0.25) is 10.8 Å². The first-order chi connectivity index (χ1) is 16.0. The van der Waals surface area contributed by atoms with E-state index in [4.69, 9.17) is 14.2 Å². The molecular weight excluding hydrogens is 444 g/mol. The number of carbonyl (C=O) groups is 1. The van der Waals surface area contributed by atoms with Gasteiger partial charge in [-0.3, -0.25) is 9.69 Å². The van der Waals surface area contributed by atoms with Crippen molar-refractivity contribution in [2.45, 2.75) is 39.7 Å². The van der Waals surface area contributed by atoms with E-state index in [2.05, 4.69) is 15.0 Å². The lowest BCUT2D eigenvalue weighted by Gasteiger charge is -2.37. The first-order valence-electron chi connectivity index (χ1n) is 11.2. The molecule has 1 fully saturated rings. The van der Waals surface area contributed by atoms with Crippen molar-refractivity contribution in [3.8, 4) is 17.4 Å². The van der Waals surface area contributed by atoms with E-state index in [1.165, 1.54) is 15.9 Å². The number of fused-ring (bicyclic) bond motifs is 1. The zero-order valence-electron chi connectivity index (χ0n) is 19.4. The van der Waals surface area contributed by atoms with E-state index in [0.717, 1.165) is 29.8 Å². The third kappa shape index (κ3) is 4.63. The van der Waals surface area contributed by atoms with E-state index in [0.29, 0.717) is 42.0 Å². The van der Waals surface area contributed by atoms with Crippen LogP contribution in [0.15, 0.2) is 18.2 Å². The second kappa shape index (κ2) is 9.96. The molecule has 1 aliphatic heterocycles. The van der Waals surface area contributed by atoms with Crippen molar-refractivity contribution in [1.29, 1.82) is 0 Å². The van der Waals surface area contributed by atoms with Crippen LogP contribution in [0.2, 0.25) is 0 Å². The van der Waals surface area contributed by atoms with E-state index < -0.39 is 0 Å². The number of benzene rings is 1. The number of thiazole rings is 1. The summed E-state index contributed by atoms with van der Waals surface area (Å²) in [6.07, 6.45) is 1.64. The molecule has 2 aromatic heterocycles. The molecule has 178 valence electrons.